The first-order chi connectivity index (χ1) is 5.16. The predicted octanol–water partition coefficient (Wildman–Crippen LogP) is 1.99. The summed E-state index contributed by atoms with van der Waals surface area (Å²) in [5.41, 5.74) is 0.804. The normalized spacial score (nSPS) is 29.1. The molecule has 0 aromatic carbocycles. The van der Waals surface area contributed by atoms with E-state index in [-0.39, 0.29) is 5.54 Å². The fourth-order valence-electron chi connectivity index (χ4n) is 1.26. The van der Waals surface area contributed by atoms with Crippen LogP contribution in [0.4, 0.5) is 0 Å². The van der Waals surface area contributed by atoms with Crippen LogP contribution in [0.5, 0.6) is 0 Å². The summed E-state index contributed by atoms with van der Waals surface area (Å²) in [6, 6.07) is 0. The van der Waals surface area contributed by atoms with Gasteiger partial charge in [-0.3, -0.25) is 0 Å². The highest BCUT2D eigenvalue weighted by atomic mass is 16.1. The van der Waals surface area contributed by atoms with E-state index in [1.807, 2.05) is 32.1 Å². The fraction of sp³-hybridized carbons (Fsp3) is 0.444. The first-order valence-corrected chi connectivity index (χ1v) is 3.61. The molecule has 0 saturated carbocycles. The number of hydrogen-bond donors (Lipinski definition) is 0. The molecule has 0 amide bonds. The molecule has 2 heteroatoms. The van der Waals surface area contributed by atoms with Crippen LogP contribution in [-0.4, -0.2) is 11.6 Å². The van der Waals surface area contributed by atoms with Gasteiger partial charge in [0.05, 0.1) is 5.54 Å². The van der Waals surface area contributed by atoms with Crippen LogP contribution in [0.15, 0.2) is 28.8 Å². The van der Waals surface area contributed by atoms with E-state index in [0.29, 0.717) is 0 Å². The van der Waals surface area contributed by atoms with Crippen molar-refractivity contribution in [1.82, 2.24) is 0 Å². The van der Waals surface area contributed by atoms with Gasteiger partial charge >= 0.3 is 0 Å². The Bertz CT molecular complexity index is 259. The molecule has 0 fully saturated rings. The Hall–Kier alpha value is -1.14. The van der Waals surface area contributed by atoms with Gasteiger partial charge < -0.3 is 0 Å². The molecule has 1 rings (SSSR count). The summed E-state index contributed by atoms with van der Waals surface area (Å²) in [4.78, 5) is 13.8. The molecule has 0 saturated heterocycles. The number of aliphatic imine (C=N–C) groups is 1. The number of allylic oxidation sites excluding steroid dienone is 2. The quantitative estimate of drug-likeness (QED) is 0.414. The van der Waals surface area contributed by atoms with Crippen LogP contribution < -0.4 is 0 Å². The third kappa shape index (κ3) is 1.89. The lowest BCUT2D eigenvalue weighted by molar-refractivity contribution is 0.537. The molecule has 0 radical (unpaired) electrons. The third-order valence-corrected chi connectivity index (χ3v) is 1.75. The highest BCUT2D eigenvalue weighted by Crippen LogP contribution is 2.23. The van der Waals surface area contributed by atoms with Gasteiger partial charge in [0.25, 0.3) is 0 Å². The van der Waals surface area contributed by atoms with Crippen molar-refractivity contribution in [2.45, 2.75) is 25.8 Å². The van der Waals surface area contributed by atoms with Gasteiger partial charge in [-0.15, -0.1) is 0 Å². The maximum absolute atomic E-state index is 10.0. The minimum Gasteiger partial charge on any atom is -0.211 e. The number of isocyanates is 1. The van der Waals surface area contributed by atoms with Crippen LogP contribution in [0.2, 0.25) is 0 Å². The lowest BCUT2D eigenvalue weighted by Crippen LogP contribution is -2.19. The second-order valence-electron chi connectivity index (χ2n) is 3.06. The van der Waals surface area contributed by atoms with Crippen molar-refractivity contribution in [3.05, 3.63) is 23.8 Å². The molecule has 0 bridgehead atoms. The molecule has 1 aliphatic carbocycles. The van der Waals surface area contributed by atoms with Crippen LogP contribution in [-0.2, 0) is 4.79 Å². The third-order valence-electron chi connectivity index (χ3n) is 1.75. The van der Waals surface area contributed by atoms with E-state index < -0.39 is 0 Å². The topological polar surface area (TPSA) is 29.4 Å². The standard InChI is InChI=1S/C9H11NO/c1-8-4-3-5-9(2,6-8)10-7-11/h3-4,6H,5H2,1-2H3. The van der Waals surface area contributed by atoms with Crippen molar-refractivity contribution in [3.63, 3.8) is 0 Å². The Kier molecular flexibility index (Phi) is 2.06. The molecular formula is C9H11NO. The van der Waals surface area contributed by atoms with Crippen LogP contribution in [0.25, 0.3) is 0 Å². The minimum absolute atomic E-state index is 0.347. The Balaban J connectivity index is 2.91. The average molecular weight is 149 g/mol. The summed E-state index contributed by atoms with van der Waals surface area (Å²) in [6.45, 7) is 3.92. The Morgan fingerprint density at radius 1 is 1.73 bits per heavy atom. The summed E-state index contributed by atoms with van der Waals surface area (Å²) in [7, 11) is 0. The van der Waals surface area contributed by atoms with E-state index in [4.69, 9.17) is 0 Å². The monoisotopic (exact) mass is 149 g/mol. The number of carbonyl (C=O) groups excluding carboxylic acids is 1. The van der Waals surface area contributed by atoms with Crippen molar-refractivity contribution < 1.29 is 4.79 Å². The van der Waals surface area contributed by atoms with Crippen molar-refractivity contribution in [3.8, 4) is 0 Å². The molecule has 0 heterocycles. The van der Waals surface area contributed by atoms with E-state index >= 15 is 0 Å². The Labute approximate surface area is 66.3 Å². The van der Waals surface area contributed by atoms with Gasteiger partial charge in [-0.25, -0.2) is 4.79 Å². The molecule has 58 valence electrons. The predicted molar refractivity (Wildman–Crippen MR) is 44.0 cm³/mol. The van der Waals surface area contributed by atoms with Gasteiger partial charge in [-0.05, 0) is 20.3 Å². The minimum atomic E-state index is -0.347. The SMILES string of the molecule is CC1=CC(C)(N=C=O)CC=C1. The second kappa shape index (κ2) is 2.85. The number of hydrogen-bond acceptors (Lipinski definition) is 2. The van der Waals surface area contributed by atoms with Gasteiger partial charge in [0.2, 0.25) is 6.08 Å². The van der Waals surface area contributed by atoms with Gasteiger partial charge in [0.15, 0.2) is 0 Å². The van der Waals surface area contributed by atoms with E-state index in [2.05, 4.69) is 4.99 Å². The zero-order chi connectivity index (χ0) is 8.32. The first kappa shape index (κ1) is 7.96. The van der Waals surface area contributed by atoms with Crippen molar-refractivity contribution >= 4 is 6.08 Å². The number of rotatable bonds is 1. The highest BCUT2D eigenvalue weighted by Gasteiger charge is 2.20. The summed E-state index contributed by atoms with van der Waals surface area (Å²) < 4.78 is 0. The fourth-order valence-corrected chi connectivity index (χ4v) is 1.26. The summed E-state index contributed by atoms with van der Waals surface area (Å²) in [6.07, 6.45) is 8.42. The first-order valence-electron chi connectivity index (χ1n) is 3.61. The van der Waals surface area contributed by atoms with E-state index in [1.165, 1.54) is 0 Å². The zero-order valence-electron chi connectivity index (χ0n) is 6.79. The Morgan fingerprint density at radius 3 is 3.00 bits per heavy atom. The molecule has 1 atom stereocenters. The molecule has 0 aliphatic heterocycles. The van der Waals surface area contributed by atoms with Crippen molar-refractivity contribution in [1.29, 1.82) is 0 Å². The summed E-state index contributed by atoms with van der Waals surface area (Å²) in [5, 5.41) is 0. The molecular weight excluding hydrogens is 138 g/mol. The van der Waals surface area contributed by atoms with E-state index in [0.717, 1.165) is 12.0 Å². The van der Waals surface area contributed by atoms with Crippen molar-refractivity contribution in [2.24, 2.45) is 4.99 Å². The van der Waals surface area contributed by atoms with Gasteiger partial charge in [0, 0.05) is 0 Å². The van der Waals surface area contributed by atoms with Crippen LogP contribution in [0.1, 0.15) is 20.3 Å². The van der Waals surface area contributed by atoms with E-state index in [9.17, 15) is 4.79 Å². The second-order valence-corrected chi connectivity index (χ2v) is 3.06. The summed E-state index contributed by atoms with van der Waals surface area (Å²) >= 11 is 0. The molecule has 0 aromatic heterocycles. The molecule has 0 spiro atoms. The van der Waals surface area contributed by atoms with E-state index in [1.54, 1.807) is 6.08 Å². The van der Waals surface area contributed by atoms with Crippen LogP contribution >= 0.6 is 0 Å². The lowest BCUT2D eigenvalue weighted by atomic mass is 9.91. The van der Waals surface area contributed by atoms with Gasteiger partial charge in [0.1, 0.15) is 0 Å². The average Bonchev–Trinajstić information content (AvgIpc) is 1.86. The molecule has 1 unspecified atom stereocenters. The molecule has 0 aromatic rings. The molecule has 11 heavy (non-hydrogen) atoms. The van der Waals surface area contributed by atoms with Gasteiger partial charge in [-0.2, -0.15) is 4.99 Å². The maximum atomic E-state index is 10.0. The molecule has 1 aliphatic rings. The van der Waals surface area contributed by atoms with Crippen LogP contribution in [0, 0.1) is 0 Å². The maximum Gasteiger partial charge on any atom is 0.235 e. The number of nitrogens with zero attached hydrogens (tertiary/aromatic N) is 1. The Morgan fingerprint density at radius 2 is 2.45 bits per heavy atom. The molecule has 2 nitrogen and oxygen atoms in total. The van der Waals surface area contributed by atoms with Gasteiger partial charge in [-0.1, -0.05) is 23.8 Å². The zero-order valence-corrected chi connectivity index (χ0v) is 6.79. The molecule has 0 N–H and O–H groups in total. The summed E-state index contributed by atoms with van der Waals surface area (Å²) in [5.74, 6) is 0. The highest BCUT2D eigenvalue weighted by molar-refractivity contribution is 5.38. The smallest absolute Gasteiger partial charge is 0.211 e. The lowest BCUT2D eigenvalue weighted by Gasteiger charge is -2.20. The van der Waals surface area contributed by atoms with Crippen LogP contribution in [0.3, 0.4) is 0 Å². The largest absolute Gasteiger partial charge is 0.235 e. The van der Waals surface area contributed by atoms with Crippen molar-refractivity contribution in [2.75, 3.05) is 0 Å².